The summed E-state index contributed by atoms with van der Waals surface area (Å²) in [7, 11) is -3.63. The second-order valence-electron chi connectivity index (χ2n) is 4.35. The van der Waals surface area contributed by atoms with Gasteiger partial charge in [-0.25, -0.2) is 8.42 Å². The van der Waals surface area contributed by atoms with Gasteiger partial charge >= 0.3 is 0 Å². The average molecular weight is 304 g/mol. The van der Waals surface area contributed by atoms with Crippen LogP contribution in [-0.4, -0.2) is 48.2 Å². The van der Waals surface area contributed by atoms with Crippen molar-refractivity contribution in [2.75, 3.05) is 13.1 Å². The van der Waals surface area contributed by atoms with Gasteiger partial charge in [0.05, 0.1) is 12.2 Å². The first-order valence-corrected chi connectivity index (χ1v) is 7.56. The SMILES string of the molecule is O=S(=O)(C=Cc1ccc(Cl)cc1)N1C[C@@H](O)[C@@H](O)C1. The monoisotopic (exact) mass is 303 g/mol. The van der Waals surface area contributed by atoms with E-state index in [9.17, 15) is 18.6 Å². The van der Waals surface area contributed by atoms with Gasteiger partial charge in [-0.3, -0.25) is 0 Å². The van der Waals surface area contributed by atoms with Gasteiger partial charge < -0.3 is 10.2 Å². The van der Waals surface area contributed by atoms with Crippen molar-refractivity contribution in [1.82, 2.24) is 4.31 Å². The quantitative estimate of drug-likeness (QED) is 0.861. The number of nitrogens with zero attached hydrogens (tertiary/aromatic N) is 1. The predicted octanol–water partition coefficient (Wildman–Crippen LogP) is 0.678. The first kappa shape index (κ1) is 14.5. The molecule has 1 fully saturated rings. The maximum Gasteiger partial charge on any atom is 0.236 e. The molecule has 0 amide bonds. The van der Waals surface area contributed by atoms with Crippen molar-refractivity contribution in [3.8, 4) is 0 Å². The Morgan fingerprint density at radius 3 is 2.21 bits per heavy atom. The molecule has 7 heteroatoms. The van der Waals surface area contributed by atoms with E-state index in [4.69, 9.17) is 11.6 Å². The molecule has 1 aromatic carbocycles. The Hall–Kier alpha value is -0.920. The highest BCUT2D eigenvalue weighted by molar-refractivity contribution is 7.92. The summed E-state index contributed by atoms with van der Waals surface area (Å²) in [5, 5.41) is 20.3. The molecule has 5 nitrogen and oxygen atoms in total. The van der Waals surface area contributed by atoms with E-state index in [-0.39, 0.29) is 13.1 Å². The highest BCUT2D eigenvalue weighted by atomic mass is 35.5. The van der Waals surface area contributed by atoms with E-state index in [2.05, 4.69) is 0 Å². The van der Waals surface area contributed by atoms with Crippen LogP contribution in [-0.2, 0) is 10.0 Å². The summed E-state index contributed by atoms with van der Waals surface area (Å²) >= 11 is 5.73. The minimum atomic E-state index is -3.63. The largest absolute Gasteiger partial charge is 0.389 e. The molecule has 19 heavy (non-hydrogen) atoms. The van der Waals surface area contributed by atoms with Crippen molar-refractivity contribution in [2.45, 2.75) is 12.2 Å². The Morgan fingerprint density at radius 2 is 1.68 bits per heavy atom. The van der Waals surface area contributed by atoms with E-state index in [1.807, 2.05) is 0 Å². The smallest absolute Gasteiger partial charge is 0.236 e. The molecule has 0 saturated carbocycles. The van der Waals surface area contributed by atoms with E-state index in [1.165, 1.54) is 6.08 Å². The molecule has 0 aliphatic carbocycles. The van der Waals surface area contributed by atoms with E-state index < -0.39 is 22.2 Å². The molecule has 1 aliphatic heterocycles. The second-order valence-corrected chi connectivity index (χ2v) is 6.61. The summed E-state index contributed by atoms with van der Waals surface area (Å²) in [5.74, 6) is 0. The van der Waals surface area contributed by atoms with Crippen molar-refractivity contribution in [1.29, 1.82) is 0 Å². The van der Waals surface area contributed by atoms with E-state index >= 15 is 0 Å². The van der Waals surface area contributed by atoms with Gasteiger partial charge in [-0.2, -0.15) is 4.31 Å². The maximum absolute atomic E-state index is 12.0. The summed E-state index contributed by atoms with van der Waals surface area (Å²) in [6.45, 7) is -0.178. The van der Waals surface area contributed by atoms with Gasteiger partial charge in [-0.15, -0.1) is 0 Å². The first-order valence-electron chi connectivity index (χ1n) is 5.68. The van der Waals surface area contributed by atoms with Crippen LogP contribution < -0.4 is 0 Å². The van der Waals surface area contributed by atoms with Gasteiger partial charge in [-0.05, 0) is 23.8 Å². The number of aliphatic hydroxyl groups is 2. The van der Waals surface area contributed by atoms with Crippen LogP contribution in [0.5, 0.6) is 0 Å². The van der Waals surface area contributed by atoms with Crippen molar-refractivity contribution >= 4 is 27.7 Å². The summed E-state index contributed by atoms with van der Waals surface area (Å²) in [6, 6.07) is 6.72. The molecule has 2 atom stereocenters. The maximum atomic E-state index is 12.0. The lowest BCUT2D eigenvalue weighted by atomic mass is 10.2. The van der Waals surface area contributed by atoms with Crippen LogP contribution in [0.1, 0.15) is 5.56 Å². The topological polar surface area (TPSA) is 77.8 Å². The fourth-order valence-corrected chi connectivity index (χ4v) is 3.12. The molecule has 104 valence electrons. The summed E-state index contributed by atoms with van der Waals surface area (Å²) in [4.78, 5) is 0. The number of benzene rings is 1. The standard InChI is InChI=1S/C12H14ClNO4S/c13-10-3-1-9(2-4-10)5-6-19(17,18)14-7-11(15)12(16)8-14/h1-6,11-12,15-16H,7-8H2/t11-,12+. The highest BCUT2D eigenvalue weighted by Gasteiger charge is 2.35. The number of β-amino-alcohol motifs (C(OH)–C–C–N with tert-alkyl or cyclic N) is 2. The molecule has 0 radical (unpaired) electrons. The van der Waals surface area contributed by atoms with Gasteiger partial charge in [0.25, 0.3) is 0 Å². The Morgan fingerprint density at radius 1 is 1.16 bits per heavy atom. The number of rotatable bonds is 3. The number of aliphatic hydroxyl groups excluding tert-OH is 2. The lowest BCUT2D eigenvalue weighted by molar-refractivity contribution is 0.0572. The van der Waals surface area contributed by atoms with Crippen molar-refractivity contribution in [3.05, 3.63) is 40.3 Å². The zero-order valence-electron chi connectivity index (χ0n) is 9.98. The summed E-state index contributed by atoms with van der Waals surface area (Å²) in [5.41, 5.74) is 0.702. The van der Waals surface area contributed by atoms with Gasteiger partial charge in [-0.1, -0.05) is 23.7 Å². The molecule has 2 rings (SSSR count). The zero-order chi connectivity index (χ0) is 14.0. The third-order valence-corrected chi connectivity index (χ3v) is 4.64. The van der Waals surface area contributed by atoms with E-state index in [1.54, 1.807) is 24.3 Å². The van der Waals surface area contributed by atoms with E-state index in [0.717, 1.165) is 9.71 Å². The normalized spacial score (nSPS) is 25.2. The number of hydrogen-bond donors (Lipinski definition) is 2. The van der Waals surface area contributed by atoms with E-state index in [0.29, 0.717) is 10.6 Å². The van der Waals surface area contributed by atoms with Crippen LogP contribution in [0.3, 0.4) is 0 Å². The Bertz CT molecular complexity index is 560. The Kier molecular flexibility index (Phi) is 4.27. The molecule has 0 spiro atoms. The number of sulfonamides is 1. The summed E-state index contributed by atoms with van der Waals surface area (Å²) < 4.78 is 25.0. The second kappa shape index (κ2) is 5.60. The van der Waals surface area contributed by atoms with Gasteiger partial charge in [0, 0.05) is 23.5 Å². The van der Waals surface area contributed by atoms with Crippen LogP contribution in [0.4, 0.5) is 0 Å². The van der Waals surface area contributed by atoms with Gasteiger partial charge in [0.1, 0.15) is 0 Å². The third kappa shape index (κ3) is 3.55. The van der Waals surface area contributed by atoms with Crippen molar-refractivity contribution < 1.29 is 18.6 Å². The van der Waals surface area contributed by atoms with Gasteiger partial charge in [0.15, 0.2) is 0 Å². The molecule has 1 aliphatic rings. The average Bonchev–Trinajstić information content (AvgIpc) is 2.70. The predicted molar refractivity (Wildman–Crippen MR) is 73.0 cm³/mol. The molecule has 0 aromatic heterocycles. The van der Waals surface area contributed by atoms with Crippen molar-refractivity contribution in [2.24, 2.45) is 0 Å². The fourth-order valence-electron chi connectivity index (χ4n) is 1.77. The molecule has 1 heterocycles. The van der Waals surface area contributed by atoms with Crippen LogP contribution in [0, 0.1) is 0 Å². The van der Waals surface area contributed by atoms with Crippen LogP contribution in [0.15, 0.2) is 29.7 Å². The van der Waals surface area contributed by atoms with Crippen molar-refractivity contribution in [3.63, 3.8) is 0 Å². The molecular weight excluding hydrogens is 290 g/mol. The fraction of sp³-hybridized carbons (Fsp3) is 0.333. The molecule has 1 aromatic rings. The first-order chi connectivity index (χ1) is 8.88. The third-order valence-electron chi connectivity index (χ3n) is 2.89. The molecule has 0 unspecified atom stereocenters. The molecule has 0 bridgehead atoms. The Labute approximate surface area is 116 Å². The van der Waals surface area contributed by atoms with Gasteiger partial charge in [0.2, 0.25) is 10.0 Å². The number of halogens is 1. The highest BCUT2D eigenvalue weighted by Crippen LogP contribution is 2.17. The molecular formula is C12H14ClNO4S. The van der Waals surface area contributed by atoms with Crippen LogP contribution in [0.2, 0.25) is 5.02 Å². The molecule has 2 N–H and O–H groups in total. The van der Waals surface area contributed by atoms with Crippen LogP contribution in [0.25, 0.3) is 6.08 Å². The van der Waals surface area contributed by atoms with Crippen LogP contribution >= 0.6 is 11.6 Å². The minimum absolute atomic E-state index is 0.0888. The lowest BCUT2D eigenvalue weighted by Crippen LogP contribution is -2.28. The zero-order valence-corrected chi connectivity index (χ0v) is 11.5. The minimum Gasteiger partial charge on any atom is -0.389 e. The molecule has 1 saturated heterocycles. The Balaban J connectivity index is 2.11. The number of hydrogen-bond acceptors (Lipinski definition) is 4. The lowest BCUT2D eigenvalue weighted by Gasteiger charge is -2.11. The summed E-state index contributed by atoms with van der Waals surface area (Å²) in [6.07, 6.45) is -0.611.